The smallest absolute Gasteiger partial charge is 0.134 e. The Hall–Kier alpha value is -2.29. The molecule has 0 aliphatic heterocycles. The molecule has 1 saturated carbocycles. The number of allylic oxidation sites excluding steroid dienone is 1. The molecule has 2 aromatic rings. The van der Waals surface area contributed by atoms with Crippen LogP contribution in [-0.4, -0.2) is 5.78 Å². The fraction of sp³-hybridized carbons (Fsp3) is 0.250. The molecule has 118 valence electrons. The third kappa shape index (κ3) is 3.55. The first-order valence-electron chi connectivity index (χ1n) is 7.80. The number of ketones is 1. The van der Waals surface area contributed by atoms with Crippen molar-refractivity contribution in [1.82, 2.24) is 0 Å². The van der Waals surface area contributed by atoms with Crippen molar-refractivity contribution in [2.75, 3.05) is 0 Å². The molecule has 1 aliphatic rings. The average molecular weight is 312 g/mol. The van der Waals surface area contributed by atoms with Gasteiger partial charge in [-0.2, -0.15) is 0 Å². The number of carbonyl (C=O) groups excluding carboxylic acids is 1. The number of hydrogen-bond acceptors (Lipinski definition) is 1. The summed E-state index contributed by atoms with van der Waals surface area (Å²) in [5, 5.41) is 0. The van der Waals surface area contributed by atoms with Crippen molar-refractivity contribution in [1.29, 1.82) is 0 Å². The number of benzene rings is 2. The van der Waals surface area contributed by atoms with Gasteiger partial charge in [-0.15, -0.1) is 0 Å². The third-order valence-corrected chi connectivity index (χ3v) is 4.42. The molecule has 0 amide bonds. The second kappa shape index (κ2) is 6.45. The van der Waals surface area contributed by atoms with E-state index in [0.717, 1.165) is 18.1 Å². The summed E-state index contributed by atoms with van der Waals surface area (Å²) < 4.78 is 27.3. The van der Waals surface area contributed by atoms with Gasteiger partial charge in [0.05, 0.1) is 0 Å². The first-order valence-corrected chi connectivity index (χ1v) is 7.80. The first-order chi connectivity index (χ1) is 11.1. The third-order valence-electron chi connectivity index (χ3n) is 4.42. The van der Waals surface area contributed by atoms with E-state index in [1.54, 1.807) is 0 Å². The molecule has 1 atom stereocenters. The fourth-order valence-electron chi connectivity index (χ4n) is 3.28. The van der Waals surface area contributed by atoms with Crippen LogP contribution >= 0.6 is 0 Å². The highest BCUT2D eigenvalue weighted by atomic mass is 19.1. The van der Waals surface area contributed by atoms with Gasteiger partial charge < -0.3 is 0 Å². The summed E-state index contributed by atoms with van der Waals surface area (Å²) in [5.74, 6) is -1.07. The van der Waals surface area contributed by atoms with Crippen molar-refractivity contribution in [3.8, 4) is 0 Å². The molecule has 0 heterocycles. The Balaban J connectivity index is 2.03. The van der Waals surface area contributed by atoms with Crippen LogP contribution in [0.1, 0.15) is 36.8 Å². The summed E-state index contributed by atoms with van der Waals surface area (Å²) in [7, 11) is 0. The Labute approximate surface area is 134 Å². The van der Waals surface area contributed by atoms with Gasteiger partial charge in [0.25, 0.3) is 0 Å². The minimum absolute atomic E-state index is 0.138. The van der Waals surface area contributed by atoms with E-state index in [9.17, 15) is 13.6 Å². The van der Waals surface area contributed by atoms with Gasteiger partial charge in [-0.25, -0.2) is 8.78 Å². The molecule has 1 nitrogen and oxygen atoms in total. The molecule has 23 heavy (non-hydrogen) atoms. The monoisotopic (exact) mass is 312 g/mol. The van der Waals surface area contributed by atoms with Gasteiger partial charge in [0.15, 0.2) is 0 Å². The number of halogens is 2. The summed E-state index contributed by atoms with van der Waals surface area (Å²) in [6, 6.07) is 13.3. The summed E-state index contributed by atoms with van der Waals surface area (Å²) in [6.45, 7) is 0. The van der Waals surface area contributed by atoms with Crippen LogP contribution in [0.5, 0.6) is 0 Å². The first kappa shape index (κ1) is 15.6. The molecule has 0 saturated heterocycles. The normalized spacial score (nSPS) is 21.7. The maximum absolute atomic E-state index is 13.7. The maximum Gasteiger partial charge on any atom is 0.134 e. The van der Waals surface area contributed by atoms with Gasteiger partial charge >= 0.3 is 0 Å². The molecule has 0 radical (unpaired) electrons. The lowest BCUT2D eigenvalue weighted by atomic mass is 9.68. The molecule has 1 aliphatic carbocycles. The molecule has 0 N–H and O–H groups in total. The van der Waals surface area contributed by atoms with Crippen molar-refractivity contribution in [3.05, 3.63) is 77.4 Å². The Morgan fingerprint density at radius 3 is 2.35 bits per heavy atom. The van der Waals surface area contributed by atoms with Gasteiger partial charge in [0, 0.05) is 24.3 Å². The Bertz CT molecular complexity index is 716. The van der Waals surface area contributed by atoms with E-state index < -0.39 is 17.0 Å². The maximum atomic E-state index is 13.7. The van der Waals surface area contributed by atoms with E-state index in [1.165, 1.54) is 12.1 Å². The van der Waals surface area contributed by atoms with Crippen LogP contribution in [0, 0.1) is 11.6 Å². The van der Waals surface area contributed by atoms with E-state index in [2.05, 4.69) is 0 Å². The van der Waals surface area contributed by atoms with Crippen LogP contribution in [0.2, 0.25) is 0 Å². The lowest BCUT2D eigenvalue weighted by Gasteiger charge is -2.34. The van der Waals surface area contributed by atoms with Gasteiger partial charge in [0.1, 0.15) is 17.4 Å². The molecule has 3 heteroatoms. The number of rotatable bonds is 3. The Kier molecular flexibility index (Phi) is 4.37. The molecular formula is C20H18F2O. The van der Waals surface area contributed by atoms with E-state index in [4.69, 9.17) is 0 Å². The van der Waals surface area contributed by atoms with E-state index in [0.29, 0.717) is 24.8 Å². The second-order valence-electron chi connectivity index (χ2n) is 6.13. The van der Waals surface area contributed by atoms with Crippen molar-refractivity contribution >= 4 is 11.9 Å². The molecule has 3 rings (SSSR count). The predicted molar refractivity (Wildman–Crippen MR) is 87.0 cm³/mol. The van der Waals surface area contributed by atoms with Crippen molar-refractivity contribution < 1.29 is 13.6 Å². The van der Waals surface area contributed by atoms with E-state index in [1.807, 2.05) is 42.5 Å². The molecule has 0 aromatic heterocycles. The van der Waals surface area contributed by atoms with Crippen molar-refractivity contribution in [2.24, 2.45) is 0 Å². The van der Waals surface area contributed by atoms with Crippen LogP contribution in [0.4, 0.5) is 8.78 Å². The molecule has 1 unspecified atom stereocenters. The molecule has 1 fully saturated rings. The largest absolute Gasteiger partial charge is 0.300 e. The minimum Gasteiger partial charge on any atom is -0.300 e. The van der Waals surface area contributed by atoms with Crippen molar-refractivity contribution in [2.45, 2.75) is 31.1 Å². The molecule has 0 spiro atoms. The zero-order valence-electron chi connectivity index (χ0n) is 12.8. The lowest BCUT2D eigenvalue weighted by Crippen LogP contribution is -2.31. The summed E-state index contributed by atoms with van der Waals surface area (Å²) >= 11 is 0. The second-order valence-corrected chi connectivity index (χ2v) is 6.13. The van der Waals surface area contributed by atoms with Gasteiger partial charge in [-0.05, 0) is 36.1 Å². The number of Topliss-reactive ketones (excluding diaryl/α,β-unsaturated/α-hetero) is 1. The van der Waals surface area contributed by atoms with Crippen LogP contribution < -0.4 is 0 Å². The minimum atomic E-state index is -0.631. The molecule has 2 aromatic carbocycles. The number of carbonyl (C=O) groups is 1. The average Bonchev–Trinajstić information content (AvgIpc) is 2.53. The number of hydrogen-bond donors (Lipinski definition) is 0. The predicted octanol–water partition coefficient (Wildman–Crippen LogP) is 5.06. The van der Waals surface area contributed by atoms with Crippen LogP contribution in [-0.2, 0) is 10.2 Å². The zero-order chi connectivity index (χ0) is 16.3. The molecule has 0 bridgehead atoms. The fourth-order valence-corrected chi connectivity index (χ4v) is 3.28. The van der Waals surface area contributed by atoms with Gasteiger partial charge in [0.2, 0.25) is 0 Å². The van der Waals surface area contributed by atoms with Crippen LogP contribution in [0.15, 0.2) is 54.6 Å². The highest BCUT2D eigenvalue weighted by Gasteiger charge is 2.35. The van der Waals surface area contributed by atoms with Gasteiger partial charge in [-0.3, -0.25) is 4.79 Å². The zero-order valence-corrected chi connectivity index (χ0v) is 12.8. The van der Waals surface area contributed by atoms with Crippen LogP contribution in [0.25, 0.3) is 6.08 Å². The SMILES string of the molecule is O=C1CCCC(/C=C/c2ccccc2)(c2cc(F)cc(F)c2)C1. The van der Waals surface area contributed by atoms with Gasteiger partial charge in [-0.1, -0.05) is 42.5 Å². The quantitative estimate of drug-likeness (QED) is 0.774. The summed E-state index contributed by atoms with van der Waals surface area (Å²) in [6.07, 6.45) is 6.15. The van der Waals surface area contributed by atoms with E-state index in [-0.39, 0.29) is 5.78 Å². The Morgan fingerprint density at radius 2 is 1.70 bits per heavy atom. The summed E-state index contributed by atoms with van der Waals surface area (Å²) in [5.41, 5.74) is 0.908. The van der Waals surface area contributed by atoms with Crippen LogP contribution in [0.3, 0.4) is 0 Å². The lowest BCUT2D eigenvalue weighted by molar-refractivity contribution is -0.121. The Morgan fingerprint density at radius 1 is 1.00 bits per heavy atom. The standard InChI is InChI=1S/C20H18F2O/c21-17-11-16(12-18(22)13-17)20(9-4-7-19(23)14-20)10-8-15-5-2-1-3-6-15/h1-3,5-6,8,10-13H,4,7,9,14H2/b10-8+. The topological polar surface area (TPSA) is 17.1 Å². The summed E-state index contributed by atoms with van der Waals surface area (Å²) in [4.78, 5) is 12.0. The molecular weight excluding hydrogens is 294 g/mol. The highest BCUT2D eigenvalue weighted by molar-refractivity contribution is 5.81. The van der Waals surface area contributed by atoms with E-state index >= 15 is 0 Å². The van der Waals surface area contributed by atoms with Crippen molar-refractivity contribution in [3.63, 3.8) is 0 Å². The highest BCUT2D eigenvalue weighted by Crippen LogP contribution is 2.40.